The summed E-state index contributed by atoms with van der Waals surface area (Å²) in [6.45, 7) is 7.25. The van der Waals surface area contributed by atoms with Crippen LogP contribution in [0, 0.1) is 25.5 Å². The molecule has 0 bridgehead atoms. The molecule has 0 aliphatic carbocycles. The average Bonchev–Trinajstić information content (AvgIpc) is 3.32. The highest BCUT2D eigenvalue weighted by Gasteiger charge is 2.30. The van der Waals surface area contributed by atoms with Crippen LogP contribution in [0.25, 0.3) is 11.4 Å². The highest BCUT2D eigenvalue weighted by atomic mass is 32.1. The number of nitrogens with one attached hydrogen (secondary N) is 1. The van der Waals surface area contributed by atoms with Crippen molar-refractivity contribution in [2.24, 2.45) is 0 Å². The van der Waals surface area contributed by atoms with Crippen molar-refractivity contribution < 1.29 is 4.79 Å². The van der Waals surface area contributed by atoms with Gasteiger partial charge in [0.05, 0.1) is 6.04 Å². The summed E-state index contributed by atoms with van der Waals surface area (Å²) in [5, 5.41) is 7.23. The Balaban J connectivity index is 1.60. The summed E-state index contributed by atoms with van der Waals surface area (Å²) in [6, 6.07) is 14.7. The molecule has 0 spiro atoms. The number of aryl methyl sites for hydroxylation is 3. The van der Waals surface area contributed by atoms with Gasteiger partial charge in [-0.05, 0) is 68.6 Å². The summed E-state index contributed by atoms with van der Waals surface area (Å²) >= 11 is 5.43. The summed E-state index contributed by atoms with van der Waals surface area (Å²) in [5.74, 6) is 0.783. The van der Waals surface area contributed by atoms with E-state index in [1.165, 1.54) is 16.7 Å². The molecular formula is C23H26N4OS. The number of H-pyrrole nitrogens is 1. The van der Waals surface area contributed by atoms with Gasteiger partial charge in [-0.25, -0.2) is 0 Å². The number of nitrogens with zero attached hydrogens (tertiary/aromatic N) is 3. The number of hydrogen-bond acceptors (Lipinski definition) is 3. The molecule has 1 unspecified atom stereocenters. The monoisotopic (exact) mass is 406 g/mol. The van der Waals surface area contributed by atoms with Crippen LogP contribution in [-0.4, -0.2) is 32.1 Å². The minimum absolute atomic E-state index is 0.0807. The first-order chi connectivity index (χ1) is 13.9. The van der Waals surface area contributed by atoms with E-state index in [0.29, 0.717) is 10.6 Å². The molecule has 2 heterocycles. The summed E-state index contributed by atoms with van der Waals surface area (Å²) in [6.07, 6.45) is 2.01. The number of benzene rings is 2. The van der Waals surface area contributed by atoms with Crippen LogP contribution >= 0.6 is 12.2 Å². The second-order valence-corrected chi connectivity index (χ2v) is 8.28. The highest BCUT2D eigenvalue weighted by molar-refractivity contribution is 7.71. The van der Waals surface area contributed by atoms with Crippen LogP contribution in [0.1, 0.15) is 41.1 Å². The van der Waals surface area contributed by atoms with E-state index in [4.69, 9.17) is 12.2 Å². The van der Waals surface area contributed by atoms with Gasteiger partial charge in [-0.15, -0.1) is 0 Å². The Labute approximate surface area is 176 Å². The lowest BCUT2D eigenvalue weighted by molar-refractivity contribution is -0.132. The molecule has 1 saturated heterocycles. The van der Waals surface area contributed by atoms with Gasteiger partial charge in [0.15, 0.2) is 10.6 Å². The van der Waals surface area contributed by atoms with Crippen molar-refractivity contribution in [3.05, 3.63) is 69.5 Å². The summed E-state index contributed by atoms with van der Waals surface area (Å²) < 4.78 is 2.28. The third-order valence-electron chi connectivity index (χ3n) is 5.82. The lowest BCUT2D eigenvalue weighted by Crippen LogP contribution is -2.33. The SMILES string of the molecule is Cc1cccc(-c2n[nH]c(=S)n2CC(=O)N2CCCC2c2ccc(C)c(C)c2)c1. The number of hydrogen-bond donors (Lipinski definition) is 1. The van der Waals surface area contributed by atoms with Gasteiger partial charge in [0.25, 0.3) is 0 Å². The van der Waals surface area contributed by atoms with Crippen LogP contribution in [0.4, 0.5) is 0 Å². The van der Waals surface area contributed by atoms with Crippen molar-refractivity contribution in [1.29, 1.82) is 0 Å². The molecule has 2 aromatic carbocycles. The first-order valence-corrected chi connectivity index (χ1v) is 10.4. The smallest absolute Gasteiger partial charge is 0.243 e. The lowest BCUT2D eigenvalue weighted by Gasteiger charge is -2.26. The second-order valence-electron chi connectivity index (χ2n) is 7.90. The molecule has 6 heteroatoms. The van der Waals surface area contributed by atoms with E-state index in [9.17, 15) is 4.79 Å². The molecule has 1 aliphatic rings. The van der Waals surface area contributed by atoms with Crippen molar-refractivity contribution in [3.8, 4) is 11.4 Å². The molecule has 1 aromatic heterocycles. The van der Waals surface area contributed by atoms with Gasteiger partial charge in [0.1, 0.15) is 6.54 Å². The van der Waals surface area contributed by atoms with Gasteiger partial charge in [-0.1, -0.05) is 42.0 Å². The maximum absolute atomic E-state index is 13.3. The largest absolute Gasteiger partial charge is 0.334 e. The van der Waals surface area contributed by atoms with E-state index in [-0.39, 0.29) is 18.5 Å². The summed E-state index contributed by atoms with van der Waals surface area (Å²) in [5.41, 5.74) is 5.85. The van der Waals surface area contributed by atoms with E-state index in [0.717, 1.165) is 30.5 Å². The fourth-order valence-corrected chi connectivity index (χ4v) is 4.28. The molecule has 1 amide bonds. The lowest BCUT2D eigenvalue weighted by atomic mass is 9.99. The van der Waals surface area contributed by atoms with Gasteiger partial charge in [-0.3, -0.25) is 14.5 Å². The Morgan fingerprint density at radius 2 is 2.00 bits per heavy atom. The zero-order valence-electron chi connectivity index (χ0n) is 17.1. The Morgan fingerprint density at radius 3 is 2.76 bits per heavy atom. The minimum atomic E-state index is 0.0807. The predicted molar refractivity (Wildman–Crippen MR) is 117 cm³/mol. The molecule has 0 radical (unpaired) electrons. The number of aromatic nitrogens is 3. The van der Waals surface area contributed by atoms with Gasteiger partial charge in [0.2, 0.25) is 5.91 Å². The van der Waals surface area contributed by atoms with Gasteiger partial charge in [-0.2, -0.15) is 5.10 Å². The third kappa shape index (κ3) is 3.90. The molecule has 4 rings (SSSR count). The molecule has 150 valence electrons. The first-order valence-electron chi connectivity index (χ1n) is 10.0. The number of carbonyl (C=O) groups excluding carboxylic acids is 1. The van der Waals surface area contributed by atoms with E-state index in [1.807, 2.05) is 34.6 Å². The third-order valence-corrected chi connectivity index (χ3v) is 6.13. The first kappa shape index (κ1) is 19.6. The van der Waals surface area contributed by atoms with Crippen molar-refractivity contribution in [1.82, 2.24) is 19.7 Å². The van der Waals surface area contributed by atoms with E-state index >= 15 is 0 Å². The zero-order valence-corrected chi connectivity index (χ0v) is 17.9. The number of rotatable bonds is 4. The molecule has 0 saturated carbocycles. The Kier molecular flexibility index (Phi) is 5.37. The molecule has 5 nitrogen and oxygen atoms in total. The molecule has 1 fully saturated rings. The Hall–Kier alpha value is -2.73. The number of carbonyl (C=O) groups is 1. The number of likely N-dealkylation sites (tertiary alicyclic amines) is 1. The van der Waals surface area contributed by atoms with Crippen molar-refractivity contribution in [2.45, 2.75) is 46.2 Å². The predicted octanol–water partition coefficient (Wildman–Crippen LogP) is 4.90. The summed E-state index contributed by atoms with van der Waals surface area (Å²) in [4.78, 5) is 15.3. The number of amides is 1. The van der Waals surface area contributed by atoms with Gasteiger partial charge < -0.3 is 4.90 Å². The zero-order chi connectivity index (χ0) is 20.5. The van der Waals surface area contributed by atoms with Crippen LogP contribution in [0.5, 0.6) is 0 Å². The van der Waals surface area contributed by atoms with Crippen LogP contribution in [0.3, 0.4) is 0 Å². The topological polar surface area (TPSA) is 53.9 Å². The average molecular weight is 407 g/mol. The molecular weight excluding hydrogens is 380 g/mol. The Bertz CT molecular complexity index is 1110. The summed E-state index contributed by atoms with van der Waals surface area (Å²) in [7, 11) is 0. The van der Waals surface area contributed by atoms with Crippen LogP contribution in [0.2, 0.25) is 0 Å². The fraction of sp³-hybridized carbons (Fsp3) is 0.348. The maximum Gasteiger partial charge on any atom is 0.243 e. The second kappa shape index (κ2) is 7.95. The van der Waals surface area contributed by atoms with Crippen LogP contribution < -0.4 is 0 Å². The molecule has 1 N–H and O–H groups in total. The standard InChI is InChI=1S/C23H26N4OS/c1-15-6-4-7-19(12-15)22-24-25-23(29)27(22)14-21(28)26-11-5-8-20(26)18-10-9-16(2)17(3)13-18/h4,6-7,9-10,12-13,20H,5,8,11,14H2,1-3H3,(H,25,29). The van der Waals surface area contributed by atoms with Gasteiger partial charge >= 0.3 is 0 Å². The Morgan fingerprint density at radius 1 is 1.17 bits per heavy atom. The van der Waals surface area contributed by atoms with Crippen LogP contribution in [0.15, 0.2) is 42.5 Å². The molecule has 1 atom stereocenters. The van der Waals surface area contributed by atoms with Crippen molar-refractivity contribution >= 4 is 18.1 Å². The van der Waals surface area contributed by atoms with Crippen LogP contribution in [-0.2, 0) is 11.3 Å². The van der Waals surface area contributed by atoms with E-state index in [1.54, 1.807) is 0 Å². The maximum atomic E-state index is 13.3. The minimum Gasteiger partial charge on any atom is -0.334 e. The normalized spacial score (nSPS) is 16.4. The number of aromatic amines is 1. The van der Waals surface area contributed by atoms with E-state index < -0.39 is 0 Å². The quantitative estimate of drug-likeness (QED) is 0.627. The molecule has 1 aliphatic heterocycles. The van der Waals surface area contributed by atoms with Crippen molar-refractivity contribution in [3.63, 3.8) is 0 Å². The van der Waals surface area contributed by atoms with E-state index in [2.05, 4.69) is 48.3 Å². The molecule has 3 aromatic rings. The fourth-order valence-electron chi connectivity index (χ4n) is 4.08. The van der Waals surface area contributed by atoms with Crippen molar-refractivity contribution in [2.75, 3.05) is 6.54 Å². The highest BCUT2D eigenvalue weighted by Crippen LogP contribution is 2.33. The van der Waals surface area contributed by atoms with Gasteiger partial charge in [0, 0.05) is 12.1 Å². The molecule has 29 heavy (non-hydrogen) atoms.